The van der Waals surface area contributed by atoms with E-state index in [1.165, 1.54) is 29.5 Å². The Morgan fingerprint density at radius 2 is 2.27 bits per heavy atom. The molecule has 0 aromatic heterocycles. The molecular weight excluding hydrogens is 182 g/mol. The molecule has 2 rings (SSSR count). The normalized spacial score (nSPS) is 20.5. The molecule has 1 saturated heterocycles. The van der Waals surface area contributed by atoms with Gasteiger partial charge in [-0.1, -0.05) is 30.4 Å². The van der Waals surface area contributed by atoms with Crippen molar-refractivity contribution in [1.82, 2.24) is 5.32 Å². The molecule has 1 aromatic carbocycles. The monoisotopic (exact) mass is 201 g/mol. The maximum absolute atomic E-state index is 3.98. The first kappa shape index (κ1) is 10.4. The van der Waals surface area contributed by atoms with Gasteiger partial charge >= 0.3 is 0 Å². The fraction of sp³-hybridized carbons (Fsp3) is 0.429. The van der Waals surface area contributed by atoms with E-state index in [1.54, 1.807) is 0 Å². The average Bonchev–Trinajstić information content (AvgIpc) is 2.70. The van der Waals surface area contributed by atoms with Crippen molar-refractivity contribution in [2.24, 2.45) is 0 Å². The maximum Gasteiger partial charge on any atom is 0.0323 e. The van der Waals surface area contributed by atoms with Crippen LogP contribution in [0.5, 0.6) is 0 Å². The van der Waals surface area contributed by atoms with E-state index in [4.69, 9.17) is 0 Å². The number of benzene rings is 1. The highest BCUT2D eigenvalue weighted by Crippen LogP contribution is 2.27. The fourth-order valence-electron chi connectivity index (χ4n) is 2.28. The lowest BCUT2D eigenvalue weighted by Crippen LogP contribution is -2.13. The number of aryl methyl sites for hydroxylation is 1. The first-order valence-corrected chi connectivity index (χ1v) is 5.68. The highest BCUT2D eigenvalue weighted by atomic mass is 14.9. The molecule has 0 radical (unpaired) electrons. The Hall–Kier alpha value is -1.08. The van der Waals surface area contributed by atoms with Crippen molar-refractivity contribution in [2.75, 3.05) is 6.54 Å². The van der Waals surface area contributed by atoms with Gasteiger partial charge in [0.15, 0.2) is 0 Å². The van der Waals surface area contributed by atoms with Gasteiger partial charge in [0.05, 0.1) is 0 Å². The lowest BCUT2D eigenvalue weighted by atomic mass is 9.96. The van der Waals surface area contributed by atoms with Gasteiger partial charge in [-0.2, -0.15) is 0 Å². The van der Waals surface area contributed by atoms with E-state index < -0.39 is 0 Å². The van der Waals surface area contributed by atoms with Crippen molar-refractivity contribution in [2.45, 2.75) is 32.7 Å². The van der Waals surface area contributed by atoms with Gasteiger partial charge in [0.25, 0.3) is 0 Å². The SMILES string of the molecule is C=C(C)c1ccc(C2CCCN2)c(C)c1. The van der Waals surface area contributed by atoms with E-state index in [9.17, 15) is 0 Å². The number of hydrogen-bond donors (Lipinski definition) is 1. The second kappa shape index (κ2) is 4.19. The van der Waals surface area contributed by atoms with Crippen molar-refractivity contribution in [3.8, 4) is 0 Å². The largest absolute Gasteiger partial charge is 0.310 e. The van der Waals surface area contributed by atoms with Crippen molar-refractivity contribution >= 4 is 5.57 Å². The topological polar surface area (TPSA) is 12.0 Å². The quantitative estimate of drug-likeness (QED) is 0.772. The molecule has 0 saturated carbocycles. The summed E-state index contributed by atoms with van der Waals surface area (Å²) >= 11 is 0. The van der Waals surface area contributed by atoms with E-state index >= 15 is 0 Å². The molecule has 0 bridgehead atoms. The number of allylic oxidation sites excluding steroid dienone is 1. The first-order chi connectivity index (χ1) is 7.18. The van der Waals surface area contributed by atoms with Crippen LogP contribution < -0.4 is 5.32 Å². The molecule has 1 unspecified atom stereocenters. The third-order valence-electron chi connectivity index (χ3n) is 3.20. The third kappa shape index (κ3) is 2.13. The Labute approximate surface area is 92.2 Å². The predicted octanol–water partition coefficient (Wildman–Crippen LogP) is 3.45. The molecule has 80 valence electrons. The summed E-state index contributed by atoms with van der Waals surface area (Å²) in [5.41, 5.74) is 5.24. The Bertz CT molecular complexity index is 373. The zero-order valence-corrected chi connectivity index (χ0v) is 9.64. The van der Waals surface area contributed by atoms with Crippen molar-refractivity contribution in [1.29, 1.82) is 0 Å². The number of rotatable bonds is 2. The molecule has 1 heteroatoms. The van der Waals surface area contributed by atoms with Crippen molar-refractivity contribution in [3.63, 3.8) is 0 Å². The molecule has 1 nitrogen and oxygen atoms in total. The number of hydrogen-bond acceptors (Lipinski definition) is 1. The van der Waals surface area contributed by atoms with E-state index in [-0.39, 0.29) is 0 Å². The molecule has 1 heterocycles. The van der Waals surface area contributed by atoms with Gasteiger partial charge in [-0.25, -0.2) is 0 Å². The lowest BCUT2D eigenvalue weighted by Gasteiger charge is -2.15. The predicted molar refractivity (Wildman–Crippen MR) is 65.9 cm³/mol. The highest BCUT2D eigenvalue weighted by molar-refractivity contribution is 5.62. The standard InChI is InChI=1S/C14H19N/c1-10(2)12-6-7-13(11(3)9-12)14-5-4-8-15-14/h6-7,9,14-15H,1,4-5,8H2,2-3H3. The average molecular weight is 201 g/mol. The van der Waals surface area contributed by atoms with Crippen LogP contribution in [0.15, 0.2) is 24.8 Å². The summed E-state index contributed by atoms with van der Waals surface area (Å²) < 4.78 is 0. The minimum atomic E-state index is 0.573. The van der Waals surface area contributed by atoms with Gasteiger partial charge in [-0.15, -0.1) is 0 Å². The van der Waals surface area contributed by atoms with Crippen LogP contribution in [0, 0.1) is 6.92 Å². The summed E-state index contributed by atoms with van der Waals surface area (Å²) in [4.78, 5) is 0. The summed E-state index contributed by atoms with van der Waals surface area (Å²) in [6.07, 6.45) is 2.57. The second-order valence-corrected chi connectivity index (χ2v) is 4.50. The summed E-state index contributed by atoms with van der Waals surface area (Å²) in [6.45, 7) is 9.39. The molecule has 15 heavy (non-hydrogen) atoms. The Balaban J connectivity index is 2.29. The van der Waals surface area contributed by atoms with Crippen LogP contribution in [0.2, 0.25) is 0 Å². The van der Waals surface area contributed by atoms with Gasteiger partial charge in [-0.3, -0.25) is 0 Å². The van der Waals surface area contributed by atoms with E-state index in [1.807, 2.05) is 0 Å². The summed E-state index contributed by atoms with van der Waals surface area (Å²) in [6, 6.07) is 7.26. The van der Waals surface area contributed by atoms with Crippen LogP contribution >= 0.6 is 0 Å². The van der Waals surface area contributed by atoms with Crippen LogP contribution in [0.3, 0.4) is 0 Å². The Kier molecular flexibility index (Phi) is 2.92. The zero-order chi connectivity index (χ0) is 10.8. The fourth-order valence-corrected chi connectivity index (χ4v) is 2.28. The first-order valence-electron chi connectivity index (χ1n) is 5.68. The van der Waals surface area contributed by atoms with Crippen LogP contribution in [-0.2, 0) is 0 Å². The third-order valence-corrected chi connectivity index (χ3v) is 3.20. The lowest BCUT2D eigenvalue weighted by molar-refractivity contribution is 0.644. The van der Waals surface area contributed by atoms with E-state index in [2.05, 4.69) is 43.9 Å². The van der Waals surface area contributed by atoms with Gasteiger partial charge < -0.3 is 5.32 Å². The molecule has 1 N–H and O–H groups in total. The molecule has 0 amide bonds. The molecule has 1 aliphatic rings. The molecule has 1 aromatic rings. The molecule has 0 spiro atoms. The highest BCUT2D eigenvalue weighted by Gasteiger charge is 2.17. The Morgan fingerprint density at radius 3 is 2.80 bits per heavy atom. The Morgan fingerprint density at radius 1 is 1.47 bits per heavy atom. The second-order valence-electron chi connectivity index (χ2n) is 4.50. The maximum atomic E-state index is 3.98. The summed E-state index contributed by atoms with van der Waals surface area (Å²) in [7, 11) is 0. The smallest absolute Gasteiger partial charge is 0.0323 e. The molecular formula is C14H19N. The summed E-state index contributed by atoms with van der Waals surface area (Å²) in [5.74, 6) is 0. The van der Waals surface area contributed by atoms with Crippen LogP contribution in [0.1, 0.15) is 42.5 Å². The van der Waals surface area contributed by atoms with Crippen LogP contribution in [0.25, 0.3) is 5.57 Å². The summed E-state index contributed by atoms with van der Waals surface area (Å²) in [5, 5.41) is 3.54. The molecule has 1 aliphatic heterocycles. The van der Waals surface area contributed by atoms with Crippen LogP contribution in [0.4, 0.5) is 0 Å². The minimum Gasteiger partial charge on any atom is -0.310 e. The van der Waals surface area contributed by atoms with Gasteiger partial charge in [-0.05, 0) is 49.9 Å². The number of nitrogens with one attached hydrogen (secondary N) is 1. The molecule has 1 fully saturated rings. The molecule has 0 aliphatic carbocycles. The van der Waals surface area contributed by atoms with Crippen LogP contribution in [-0.4, -0.2) is 6.54 Å². The van der Waals surface area contributed by atoms with E-state index in [0.717, 1.165) is 12.1 Å². The van der Waals surface area contributed by atoms with Crippen molar-refractivity contribution in [3.05, 3.63) is 41.5 Å². The zero-order valence-electron chi connectivity index (χ0n) is 9.64. The van der Waals surface area contributed by atoms with Gasteiger partial charge in [0.1, 0.15) is 0 Å². The van der Waals surface area contributed by atoms with Gasteiger partial charge in [0.2, 0.25) is 0 Å². The van der Waals surface area contributed by atoms with E-state index in [0.29, 0.717) is 6.04 Å². The minimum absolute atomic E-state index is 0.573. The molecule has 1 atom stereocenters. The van der Waals surface area contributed by atoms with Gasteiger partial charge in [0, 0.05) is 6.04 Å². The van der Waals surface area contributed by atoms with Crippen molar-refractivity contribution < 1.29 is 0 Å².